The summed E-state index contributed by atoms with van der Waals surface area (Å²) >= 11 is 0. The summed E-state index contributed by atoms with van der Waals surface area (Å²) in [6.07, 6.45) is 2.53. The van der Waals surface area contributed by atoms with E-state index in [0.717, 1.165) is 31.6 Å². The molecule has 8 nitrogen and oxygen atoms in total. The van der Waals surface area contributed by atoms with Crippen molar-refractivity contribution in [1.82, 2.24) is 19.2 Å². The molecular weight excluding hydrogens is 468 g/mol. The van der Waals surface area contributed by atoms with Crippen LogP contribution in [0.2, 0.25) is 0 Å². The number of amides is 1. The molecule has 0 unspecified atom stereocenters. The number of rotatable bonds is 7. The Morgan fingerprint density at radius 2 is 1.81 bits per heavy atom. The van der Waals surface area contributed by atoms with Gasteiger partial charge in [0.2, 0.25) is 0 Å². The van der Waals surface area contributed by atoms with Gasteiger partial charge in [0.25, 0.3) is 11.7 Å². The second-order valence-corrected chi connectivity index (χ2v) is 10.1. The van der Waals surface area contributed by atoms with Gasteiger partial charge in [-0.25, -0.2) is 4.98 Å². The predicted molar refractivity (Wildman–Crippen MR) is 141 cm³/mol. The summed E-state index contributed by atoms with van der Waals surface area (Å²) in [4.78, 5) is 35.3. The average Bonchev–Trinajstić information content (AvgIpc) is 3.37. The Labute approximate surface area is 217 Å². The molecule has 1 amide bonds. The minimum atomic E-state index is -0.667. The van der Waals surface area contributed by atoms with Crippen molar-refractivity contribution in [2.45, 2.75) is 39.2 Å². The van der Waals surface area contributed by atoms with Gasteiger partial charge in [0.05, 0.1) is 30.5 Å². The first-order valence-electron chi connectivity index (χ1n) is 13.0. The third kappa shape index (κ3) is 4.79. The van der Waals surface area contributed by atoms with E-state index in [4.69, 9.17) is 4.74 Å². The van der Waals surface area contributed by atoms with Gasteiger partial charge >= 0.3 is 0 Å². The molecule has 8 heteroatoms. The number of aryl methyl sites for hydroxylation is 1. The van der Waals surface area contributed by atoms with Crippen molar-refractivity contribution in [2.75, 3.05) is 39.4 Å². The number of imidazole rings is 1. The van der Waals surface area contributed by atoms with Crippen LogP contribution in [0, 0.1) is 6.92 Å². The van der Waals surface area contributed by atoms with Crippen molar-refractivity contribution in [1.29, 1.82) is 0 Å². The number of aliphatic hydroxyl groups is 1. The van der Waals surface area contributed by atoms with Crippen molar-refractivity contribution in [3.63, 3.8) is 0 Å². The van der Waals surface area contributed by atoms with Crippen LogP contribution in [0.5, 0.6) is 0 Å². The lowest BCUT2D eigenvalue weighted by atomic mass is 9.93. The van der Waals surface area contributed by atoms with Gasteiger partial charge in [0, 0.05) is 32.4 Å². The molecule has 2 fully saturated rings. The Kier molecular flexibility index (Phi) is 7.13. The lowest BCUT2D eigenvalue weighted by Crippen LogP contribution is -2.38. The Bertz CT molecular complexity index is 1340. The van der Waals surface area contributed by atoms with Crippen molar-refractivity contribution >= 4 is 23.1 Å². The number of likely N-dealkylation sites (tertiary alicyclic amines) is 1. The summed E-state index contributed by atoms with van der Waals surface area (Å²) in [6, 6.07) is 12.9. The van der Waals surface area contributed by atoms with Crippen LogP contribution < -0.4 is 0 Å². The third-order valence-corrected chi connectivity index (χ3v) is 7.36. The number of Topliss-reactive ketones (excluding diaryl/α,β-unsaturated/α-hetero) is 1. The van der Waals surface area contributed by atoms with E-state index >= 15 is 0 Å². The molecule has 0 spiro atoms. The molecule has 2 aliphatic rings. The second-order valence-electron chi connectivity index (χ2n) is 10.1. The maximum atomic E-state index is 13.5. The zero-order chi connectivity index (χ0) is 26.1. The lowest BCUT2D eigenvalue weighted by molar-refractivity contribution is -0.140. The first-order chi connectivity index (χ1) is 17.9. The molecule has 2 aromatic heterocycles. The van der Waals surface area contributed by atoms with E-state index in [2.05, 4.69) is 23.7 Å². The molecule has 0 saturated carbocycles. The summed E-state index contributed by atoms with van der Waals surface area (Å²) in [5, 5.41) is 11.6. The summed E-state index contributed by atoms with van der Waals surface area (Å²) in [7, 11) is 0. The number of hydrogen-bond donors (Lipinski definition) is 1. The van der Waals surface area contributed by atoms with Crippen molar-refractivity contribution in [3.05, 3.63) is 76.7 Å². The average molecular weight is 503 g/mol. The Morgan fingerprint density at radius 1 is 1.08 bits per heavy atom. The molecule has 0 aliphatic carbocycles. The van der Waals surface area contributed by atoms with E-state index in [1.54, 1.807) is 22.4 Å². The summed E-state index contributed by atoms with van der Waals surface area (Å²) in [5.74, 6) is -1.07. The number of nitrogens with zero attached hydrogens (tertiary/aromatic N) is 4. The van der Waals surface area contributed by atoms with E-state index in [0.29, 0.717) is 42.7 Å². The molecule has 3 aromatic rings. The summed E-state index contributed by atoms with van der Waals surface area (Å²) in [6.45, 7) is 10.4. The fraction of sp³-hybridized carbons (Fsp3) is 0.414. The Morgan fingerprint density at radius 3 is 2.51 bits per heavy atom. The largest absolute Gasteiger partial charge is 0.505 e. The van der Waals surface area contributed by atoms with Crippen LogP contribution in [-0.2, 0) is 14.3 Å². The van der Waals surface area contributed by atoms with Gasteiger partial charge in [-0.2, -0.15) is 0 Å². The Balaban J connectivity index is 1.55. The maximum absolute atomic E-state index is 13.5. The fourth-order valence-electron chi connectivity index (χ4n) is 5.34. The van der Waals surface area contributed by atoms with Gasteiger partial charge in [-0.15, -0.1) is 0 Å². The maximum Gasteiger partial charge on any atom is 0.295 e. The number of pyridine rings is 1. The molecule has 194 valence electrons. The highest BCUT2D eigenvalue weighted by Crippen LogP contribution is 2.40. The van der Waals surface area contributed by atoms with Crippen LogP contribution in [-0.4, -0.2) is 75.4 Å². The number of fused-ring (bicyclic) bond motifs is 1. The highest BCUT2D eigenvalue weighted by atomic mass is 16.5. The highest BCUT2D eigenvalue weighted by molar-refractivity contribution is 6.46. The van der Waals surface area contributed by atoms with Crippen LogP contribution in [0.3, 0.4) is 0 Å². The number of hydrogen-bond acceptors (Lipinski definition) is 6. The lowest BCUT2D eigenvalue weighted by Gasteiger charge is -2.29. The second kappa shape index (κ2) is 10.5. The number of benzene rings is 1. The molecule has 1 aromatic carbocycles. The summed E-state index contributed by atoms with van der Waals surface area (Å²) in [5.41, 5.74) is 3.79. The van der Waals surface area contributed by atoms with E-state index in [-0.39, 0.29) is 11.3 Å². The van der Waals surface area contributed by atoms with Crippen LogP contribution in [0.4, 0.5) is 0 Å². The third-order valence-electron chi connectivity index (χ3n) is 7.36. The van der Waals surface area contributed by atoms with E-state index in [1.807, 2.05) is 42.5 Å². The molecule has 37 heavy (non-hydrogen) atoms. The number of carbonyl (C=O) groups excluding carboxylic acids is 2. The first-order valence-corrected chi connectivity index (χ1v) is 13.0. The zero-order valence-corrected chi connectivity index (χ0v) is 21.7. The number of ether oxygens (including phenoxy) is 1. The molecule has 0 radical (unpaired) electrons. The van der Waals surface area contributed by atoms with Crippen LogP contribution in [0.15, 0.2) is 54.2 Å². The molecule has 1 N–H and O–H groups in total. The zero-order valence-electron chi connectivity index (χ0n) is 21.7. The minimum absolute atomic E-state index is 0.113. The van der Waals surface area contributed by atoms with Gasteiger partial charge in [-0.3, -0.25) is 18.9 Å². The minimum Gasteiger partial charge on any atom is -0.505 e. The number of morpholine rings is 1. The molecule has 5 rings (SSSR count). The van der Waals surface area contributed by atoms with Crippen molar-refractivity contribution < 1.29 is 19.4 Å². The molecule has 2 aliphatic heterocycles. The van der Waals surface area contributed by atoms with Gasteiger partial charge < -0.3 is 14.7 Å². The predicted octanol–water partition coefficient (Wildman–Crippen LogP) is 3.91. The van der Waals surface area contributed by atoms with Crippen LogP contribution in [0.1, 0.15) is 54.7 Å². The van der Waals surface area contributed by atoms with Gasteiger partial charge in [-0.05, 0) is 42.5 Å². The molecule has 2 saturated heterocycles. The number of aliphatic hydroxyl groups excluding tert-OH is 1. The molecule has 1 atom stereocenters. The number of aromatic nitrogens is 2. The number of carbonyl (C=O) groups is 2. The molecule has 0 bridgehead atoms. The first kappa shape index (κ1) is 25.2. The fourth-order valence-corrected chi connectivity index (χ4v) is 5.34. The standard InChI is InChI=1S/C29H34N4O4/c1-19(2)21-8-10-22(11-9-21)26-24(27(34)25-20(3)30-23-7-4-5-13-32(23)25)28(35)29(36)33(26)14-6-12-31-15-17-37-18-16-31/h4-5,7-11,13,19,26,34H,6,12,14-18H2,1-3H3/t26-/m1/s1. The van der Waals surface area contributed by atoms with Crippen LogP contribution >= 0.6 is 0 Å². The monoisotopic (exact) mass is 502 g/mol. The Hall–Kier alpha value is -3.49. The van der Waals surface area contributed by atoms with E-state index in [9.17, 15) is 14.7 Å². The highest BCUT2D eigenvalue weighted by Gasteiger charge is 2.46. The van der Waals surface area contributed by atoms with Crippen molar-refractivity contribution in [2.24, 2.45) is 0 Å². The normalized spacial score (nSPS) is 20.4. The van der Waals surface area contributed by atoms with Gasteiger partial charge in [0.15, 0.2) is 5.76 Å². The summed E-state index contributed by atoms with van der Waals surface area (Å²) < 4.78 is 7.20. The van der Waals surface area contributed by atoms with Crippen molar-refractivity contribution in [3.8, 4) is 0 Å². The SMILES string of the molecule is Cc1nc2ccccn2c1C(O)=C1C(=O)C(=O)N(CCCN2CCOCC2)[C@@H]1c1ccc(C(C)C)cc1. The van der Waals surface area contributed by atoms with E-state index < -0.39 is 17.7 Å². The topological polar surface area (TPSA) is 87.4 Å². The van der Waals surface area contributed by atoms with Crippen LogP contribution in [0.25, 0.3) is 11.4 Å². The smallest absolute Gasteiger partial charge is 0.295 e. The number of ketones is 1. The van der Waals surface area contributed by atoms with E-state index in [1.165, 1.54) is 5.56 Å². The van der Waals surface area contributed by atoms with Gasteiger partial charge in [0.1, 0.15) is 11.3 Å². The molecular formula is C29H34N4O4. The van der Waals surface area contributed by atoms with Gasteiger partial charge in [-0.1, -0.05) is 44.2 Å². The quantitative estimate of drug-likeness (QED) is 0.300. The molecule has 4 heterocycles.